The molecule has 2 aliphatic rings. The Morgan fingerprint density at radius 3 is 3.09 bits per heavy atom. The van der Waals surface area contributed by atoms with Gasteiger partial charge in [-0.15, -0.1) is 11.8 Å². The summed E-state index contributed by atoms with van der Waals surface area (Å²) in [7, 11) is 0. The molecule has 1 atom stereocenters. The summed E-state index contributed by atoms with van der Waals surface area (Å²) in [6.07, 6.45) is 3.22. The van der Waals surface area contributed by atoms with Gasteiger partial charge in [-0.05, 0) is 30.1 Å². The molecule has 0 N–H and O–H groups in total. The number of hydrogen-bond donors (Lipinski definition) is 0. The monoisotopic (exact) mass is 168 g/mol. The molecule has 0 saturated carbocycles. The van der Waals surface area contributed by atoms with Crippen molar-refractivity contribution in [2.45, 2.75) is 26.2 Å². The standard InChI is InChI=1S/C9H12OS/c1-6-5-8(10)9-7(6)3-2-4-11-9/h6H,2-5H2,1H3. The first-order chi connectivity index (χ1) is 5.29. The third-order valence-corrected chi connectivity index (χ3v) is 3.74. The highest BCUT2D eigenvalue weighted by Gasteiger charge is 2.30. The molecule has 0 radical (unpaired) electrons. The van der Waals surface area contributed by atoms with Crippen molar-refractivity contribution in [2.75, 3.05) is 5.75 Å². The Balaban J connectivity index is 2.32. The largest absolute Gasteiger partial charge is 0.294 e. The molecule has 0 fully saturated rings. The Labute approximate surface area is 71.2 Å². The minimum Gasteiger partial charge on any atom is -0.294 e. The first kappa shape index (κ1) is 7.41. The SMILES string of the molecule is CC1CC(=O)C2=C1CCCS2. The first-order valence-corrected chi connectivity index (χ1v) is 5.16. The van der Waals surface area contributed by atoms with E-state index in [1.165, 1.54) is 18.4 Å². The van der Waals surface area contributed by atoms with Crippen molar-refractivity contribution >= 4 is 17.5 Å². The molecular weight excluding hydrogens is 156 g/mol. The maximum Gasteiger partial charge on any atom is 0.169 e. The first-order valence-electron chi connectivity index (χ1n) is 4.18. The van der Waals surface area contributed by atoms with Gasteiger partial charge in [0.05, 0.1) is 0 Å². The second kappa shape index (κ2) is 2.67. The maximum atomic E-state index is 11.3. The van der Waals surface area contributed by atoms with Crippen LogP contribution in [0.25, 0.3) is 0 Å². The molecule has 60 valence electrons. The lowest BCUT2D eigenvalue weighted by Gasteiger charge is -2.14. The number of Topliss-reactive ketones (excluding diaryl/α,β-unsaturated/α-hetero) is 1. The molecule has 0 spiro atoms. The van der Waals surface area contributed by atoms with Crippen LogP contribution < -0.4 is 0 Å². The van der Waals surface area contributed by atoms with Crippen LogP contribution in [-0.2, 0) is 4.79 Å². The highest BCUT2D eigenvalue weighted by atomic mass is 32.2. The van der Waals surface area contributed by atoms with Gasteiger partial charge in [-0.1, -0.05) is 6.92 Å². The van der Waals surface area contributed by atoms with E-state index in [0.29, 0.717) is 11.7 Å². The van der Waals surface area contributed by atoms with Crippen molar-refractivity contribution in [3.8, 4) is 0 Å². The van der Waals surface area contributed by atoms with Gasteiger partial charge in [-0.2, -0.15) is 0 Å². The van der Waals surface area contributed by atoms with Crippen LogP contribution in [0.5, 0.6) is 0 Å². The average molecular weight is 168 g/mol. The van der Waals surface area contributed by atoms with Crippen molar-refractivity contribution in [3.63, 3.8) is 0 Å². The van der Waals surface area contributed by atoms with E-state index in [4.69, 9.17) is 0 Å². The van der Waals surface area contributed by atoms with Crippen LogP contribution in [0, 0.1) is 5.92 Å². The second-order valence-electron chi connectivity index (χ2n) is 3.33. The fourth-order valence-corrected chi connectivity index (χ4v) is 3.09. The number of ketones is 1. The number of rotatable bonds is 0. The van der Waals surface area contributed by atoms with Crippen molar-refractivity contribution < 1.29 is 4.79 Å². The minimum absolute atomic E-state index is 0.400. The number of thioether (sulfide) groups is 1. The lowest BCUT2D eigenvalue weighted by molar-refractivity contribution is -0.114. The smallest absolute Gasteiger partial charge is 0.169 e. The van der Waals surface area contributed by atoms with Gasteiger partial charge in [0, 0.05) is 11.3 Å². The predicted molar refractivity (Wildman–Crippen MR) is 47.5 cm³/mol. The van der Waals surface area contributed by atoms with Gasteiger partial charge >= 0.3 is 0 Å². The lowest BCUT2D eigenvalue weighted by Crippen LogP contribution is -1.99. The van der Waals surface area contributed by atoms with Crippen molar-refractivity contribution in [1.82, 2.24) is 0 Å². The molecular formula is C9H12OS. The molecule has 0 bridgehead atoms. The molecule has 1 aliphatic carbocycles. The fourth-order valence-electron chi connectivity index (χ4n) is 1.87. The zero-order valence-corrected chi connectivity index (χ0v) is 7.54. The van der Waals surface area contributed by atoms with Crippen LogP contribution in [-0.4, -0.2) is 11.5 Å². The number of carbonyl (C=O) groups excluding carboxylic acids is 1. The van der Waals surface area contributed by atoms with Crippen molar-refractivity contribution in [1.29, 1.82) is 0 Å². The third-order valence-electron chi connectivity index (χ3n) is 2.47. The number of carbonyl (C=O) groups is 1. The Morgan fingerprint density at radius 1 is 1.55 bits per heavy atom. The summed E-state index contributed by atoms with van der Waals surface area (Å²) in [5.74, 6) is 2.10. The highest BCUT2D eigenvalue weighted by molar-refractivity contribution is 8.04. The van der Waals surface area contributed by atoms with Crippen LogP contribution in [0.15, 0.2) is 10.5 Å². The van der Waals surface area contributed by atoms with E-state index >= 15 is 0 Å². The number of allylic oxidation sites excluding steroid dienone is 2. The molecule has 0 aromatic heterocycles. The van der Waals surface area contributed by atoms with E-state index in [2.05, 4.69) is 6.92 Å². The molecule has 11 heavy (non-hydrogen) atoms. The van der Waals surface area contributed by atoms with Gasteiger partial charge in [0.25, 0.3) is 0 Å². The molecule has 0 saturated heterocycles. The summed E-state index contributed by atoms with van der Waals surface area (Å²) in [6, 6.07) is 0. The zero-order chi connectivity index (χ0) is 7.84. The highest BCUT2D eigenvalue weighted by Crippen LogP contribution is 2.41. The molecule has 0 aromatic carbocycles. The van der Waals surface area contributed by atoms with Gasteiger partial charge < -0.3 is 0 Å². The van der Waals surface area contributed by atoms with Gasteiger partial charge in [-0.3, -0.25) is 4.79 Å². The average Bonchev–Trinajstić information content (AvgIpc) is 2.30. The van der Waals surface area contributed by atoms with Crippen molar-refractivity contribution in [3.05, 3.63) is 10.5 Å². The Morgan fingerprint density at radius 2 is 2.36 bits per heavy atom. The van der Waals surface area contributed by atoms with Crippen LogP contribution in [0.1, 0.15) is 26.2 Å². The quantitative estimate of drug-likeness (QED) is 0.552. The van der Waals surface area contributed by atoms with Crippen molar-refractivity contribution in [2.24, 2.45) is 5.92 Å². The molecule has 1 unspecified atom stereocenters. The third kappa shape index (κ3) is 1.13. The Hall–Kier alpha value is -0.240. The van der Waals surface area contributed by atoms with E-state index in [9.17, 15) is 4.79 Å². The van der Waals surface area contributed by atoms with Crippen LogP contribution in [0.3, 0.4) is 0 Å². The van der Waals surface area contributed by atoms with E-state index in [-0.39, 0.29) is 0 Å². The zero-order valence-electron chi connectivity index (χ0n) is 6.72. The van der Waals surface area contributed by atoms with Crippen LogP contribution in [0.4, 0.5) is 0 Å². The van der Waals surface area contributed by atoms with Gasteiger partial charge in [0.15, 0.2) is 5.78 Å². The van der Waals surface area contributed by atoms with E-state index in [0.717, 1.165) is 17.1 Å². The molecule has 0 aromatic rings. The summed E-state index contributed by atoms with van der Waals surface area (Å²) in [5, 5.41) is 0. The van der Waals surface area contributed by atoms with Gasteiger partial charge in [-0.25, -0.2) is 0 Å². The predicted octanol–water partition coefficient (Wildman–Crippen LogP) is 2.38. The summed E-state index contributed by atoms with van der Waals surface area (Å²) in [6.45, 7) is 2.17. The van der Waals surface area contributed by atoms with E-state index in [1.807, 2.05) is 0 Å². The van der Waals surface area contributed by atoms with E-state index in [1.54, 1.807) is 11.8 Å². The summed E-state index contributed by atoms with van der Waals surface area (Å²) >= 11 is 1.78. The van der Waals surface area contributed by atoms with Gasteiger partial charge in [0.1, 0.15) is 0 Å². The van der Waals surface area contributed by atoms with Crippen LogP contribution in [0.2, 0.25) is 0 Å². The Kier molecular flexibility index (Phi) is 1.80. The summed E-state index contributed by atoms with van der Waals surface area (Å²) in [4.78, 5) is 12.5. The lowest BCUT2D eigenvalue weighted by atomic mass is 10.0. The molecule has 1 nitrogen and oxygen atoms in total. The van der Waals surface area contributed by atoms with Crippen LogP contribution >= 0.6 is 11.8 Å². The second-order valence-corrected chi connectivity index (χ2v) is 4.44. The fraction of sp³-hybridized carbons (Fsp3) is 0.667. The molecule has 1 heterocycles. The maximum absolute atomic E-state index is 11.3. The van der Waals surface area contributed by atoms with E-state index < -0.39 is 0 Å². The summed E-state index contributed by atoms with van der Waals surface area (Å²) < 4.78 is 0. The topological polar surface area (TPSA) is 17.1 Å². The number of hydrogen-bond acceptors (Lipinski definition) is 2. The molecule has 0 amide bonds. The summed E-state index contributed by atoms with van der Waals surface area (Å²) in [5.41, 5.74) is 1.45. The Bertz CT molecular complexity index is 230. The molecule has 1 aliphatic heterocycles. The minimum atomic E-state index is 0.400. The normalized spacial score (nSPS) is 31.0. The molecule has 2 rings (SSSR count). The molecule has 2 heteroatoms. The van der Waals surface area contributed by atoms with Gasteiger partial charge in [0.2, 0.25) is 0 Å².